The predicted octanol–water partition coefficient (Wildman–Crippen LogP) is 3.57. The lowest BCUT2D eigenvalue weighted by Crippen LogP contribution is -2.34. The first-order valence-corrected chi connectivity index (χ1v) is 9.06. The van der Waals surface area contributed by atoms with E-state index >= 15 is 0 Å². The Kier molecular flexibility index (Phi) is 6.39. The molecule has 3 aromatic carbocycles. The number of nitro groups is 1. The van der Waals surface area contributed by atoms with E-state index in [-0.39, 0.29) is 11.3 Å². The number of amides is 1. The number of hydrogen-bond donors (Lipinski definition) is 1. The lowest BCUT2D eigenvalue weighted by molar-refractivity contribution is -0.383. The van der Waals surface area contributed by atoms with E-state index in [1.54, 1.807) is 24.3 Å². The maximum absolute atomic E-state index is 12.8. The Balaban J connectivity index is 1.73. The molecule has 0 bridgehead atoms. The van der Waals surface area contributed by atoms with E-state index in [9.17, 15) is 19.7 Å². The van der Waals surface area contributed by atoms with Crippen LogP contribution in [0.5, 0.6) is 0 Å². The van der Waals surface area contributed by atoms with Crippen LogP contribution in [0.2, 0.25) is 0 Å². The Hall–Kier alpha value is -4.20. The lowest BCUT2D eigenvalue weighted by atomic mass is 10.2. The number of hydrogen-bond acceptors (Lipinski definition) is 6. The second kappa shape index (κ2) is 9.33. The van der Waals surface area contributed by atoms with E-state index in [4.69, 9.17) is 10.5 Å². The van der Waals surface area contributed by atoms with Crippen molar-refractivity contribution in [2.24, 2.45) is 0 Å². The summed E-state index contributed by atoms with van der Waals surface area (Å²) in [5, 5.41) is 11.0. The molecule has 2 N–H and O–H groups in total. The van der Waals surface area contributed by atoms with Gasteiger partial charge in [-0.05, 0) is 29.8 Å². The Morgan fingerprint density at radius 3 is 2.23 bits per heavy atom. The van der Waals surface area contributed by atoms with Crippen LogP contribution in [0.4, 0.5) is 17.1 Å². The van der Waals surface area contributed by atoms with Crippen molar-refractivity contribution in [1.29, 1.82) is 0 Å². The van der Waals surface area contributed by atoms with Crippen LogP contribution < -0.4 is 10.6 Å². The molecule has 0 fully saturated rings. The van der Waals surface area contributed by atoms with Crippen LogP contribution in [0.3, 0.4) is 0 Å². The maximum Gasteiger partial charge on any atom is 0.338 e. The normalized spacial score (nSPS) is 10.3. The van der Waals surface area contributed by atoms with Crippen LogP contribution in [0.15, 0.2) is 78.9 Å². The molecule has 0 aliphatic carbocycles. The molecule has 0 radical (unpaired) electrons. The Morgan fingerprint density at radius 1 is 0.967 bits per heavy atom. The minimum atomic E-state index is -0.848. The van der Waals surface area contributed by atoms with Gasteiger partial charge in [-0.1, -0.05) is 48.5 Å². The molecule has 0 unspecified atom stereocenters. The molecule has 8 heteroatoms. The van der Waals surface area contributed by atoms with Gasteiger partial charge in [0.25, 0.3) is 11.6 Å². The van der Waals surface area contributed by atoms with Crippen molar-refractivity contribution < 1.29 is 19.2 Å². The summed E-state index contributed by atoms with van der Waals surface area (Å²) >= 11 is 0. The number of nitrogens with zero attached hydrogens (tertiary/aromatic N) is 2. The highest BCUT2D eigenvalue weighted by Gasteiger charge is 2.20. The number of nitro benzene ring substituents is 1. The van der Waals surface area contributed by atoms with E-state index in [1.807, 2.05) is 36.4 Å². The van der Waals surface area contributed by atoms with E-state index in [1.165, 1.54) is 17.0 Å². The molecule has 0 aliphatic heterocycles. The summed E-state index contributed by atoms with van der Waals surface area (Å²) in [7, 11) is 0. The molecule has 0 aromatic heterocycles. The van der Waals surface area contributed by atoms with Crippen molar-refractivity contribution in [3.63, 3.8) is 0 Å². The first-order valence-electron chi connectivity index (χ1n) is 9.06. The zero-order chi connectivity index (χ0) is 21.5. The first kappa shape index (κ1) is 20.5. The third-order valence-corrected chi connectivity index (χ3v) is 4.34. The Bertz CT molecular complexity index is 1050. The van der Waals surface area contributed by atoms with Crippen molar-refractivity contribution in [2.45, 2.75) is 6.54 Å². The third kappa shape index (κ3) is 4.99. The summed E-state index contributed by atoms with van der Waals surface area (Å²) in [6.45, 7) is -0.215. The average Bonchev–Trinajstić information content (AvgIpc) is 2.77. The van der Waals surface area contributed by atoms with Crippen molar-refractivity contribution in [3.8, 4) is 0 Å². The van der Waals surface area contributed by atoms with Gasteiger partial charge in [0.2, 0.25) is 0 Å². The van der Waals surface area contributed by atoms with Crippen LogP contribution in [0, 0.1) is 10.1 Å². The van der Waals surface area contributed by atoms with Gasteiger partial charge >= 0.3 is 5.97 Å². The third-order valence-electron chi connectivity index (χ3n) is 4.34. The molecule has 0 aliphatic rings. The minimum Gasteiger partial charge on any atom is -0.452 e. The quantitative estimate of drug-likeness (QED) is 0.278. The number of carbonyl (C=O) groups excluding carboxylic acids is 2. The van der Waals surface area contributed by atoms with Crippen LogP contribution >= 0.6 is 0 Å². The van der Waals surface area contributed by atoms with Crippen molar-refractivity contribution in [3.05, 3.63) is 100 Å². The number of benzene rings is 3. The predicted molar refractivity (Wildman–Crippen MR) is 112 cm³/mol. The van der Waals surface area contributed by atoms with E-state index in [0.29, 0.717) is 12.2 Å². The van der Waals surface area contributed by atoms with Crippen LogP contribution in [-0.4, -0.2) is 23.4 Å². The summed E-state index contributed by atoms with van der Waals surface area (Å²) in [4.78, 5) is 36.9. The van der Waals surface area contributed by atoms with Gasteiger partial charge in [-0.2, -0.15) is 0 Å². The molecule has 3 aromatic rings. The minimum absolute atomic E-state index is 0.0574. The van der Waals surface area contributed by atoms with Crippen LogP contribution in [-0.2, 0) is 16.1 Å². The van der Waals surface area contributed by atoms with E-state index < -0.39 is 29.1 Å². The molecule has 0 saturated carbocycles. The number of ether oxygens (including phenoxy) is 1. The van der Waals surface area contributed by atoms with Crippen LogP contribution in [0.1, 0.15) is 15.9 Å². The smallest absolute Gasteiger partial charge is 0.338 e. The van der Waals surface area contributed by atoms with E-state index in [0.717, 1.165) is 11.6 Å². The summed E-state index contributed by atoms with van der Waals surface area (Å²) in [5.41, 5.74) is 6.59. The monoisotopic (exact) mass is 405 g/mol. The zero-order valence-corrected chi connectivity index (χ0v) is 15.9. The summed E-state index contributed by atoms with van der Waals surface area (Å²) in [6.07, 6.45) is 0. The first-order chi connectivity index (χ1) is 14.5. The second-order valence-electron chi connectivity index (χ2n) is 6.41. The Labute approximate surface area is 172 Å². The molecule has 30 heavy (non-hydrogen) atoms. The number of carbonyl (C=O) groups is 2. The van der Waals surface area contributed by atoms with Crippen molar-refractivity contribution in [2.75, 3.05) is 17.2 Å². The highest BCUT2D eigenvalue weighted by Crippen LogP contribution is 2.23. The summed E-state index contributed by atoms with van der Waals surface area (Å²) < 4.78 is 5.11. The highest BCUT2D eigenvalue weighted by molar-refractivity contribution is 5.97. The molecule has 0 saturated heterocycles. The summed E-state index contributed by atoms with van der Waals surface area (Å²) in [6, 6.07) is 22.0. The van der Waals surface area contributed by atoms with E-state index in [2.05, 4.69) is 0 Å². The average molecular weight is 405 g/mol. The molecular weight excluding hydrogens is 386 g/mol. The summed E-state index contributed by atoms with van der Waals surface area (Å²) in [5.74, 6) is -1.28. The fourth-order valence-electron chi connectivity index (χ4n) is 2.81. The molecule has 3 rings (SSSR count). The van der Waals surface area contributed by atoms with Crippen molar-refractivity contribution >= 4 is 28.9 Å². The standard InChI is InChI=1S/C22H19N3O5/c23-19-12-11-17(13-20(19)25(28)29)22(27)30-15-21(26)24(18-9-5-2-6-10-18)14-16-7-3-1-4-8-16/h1-13H,14-15,23H2. The molecule has 0 atom stereocenters. The van der Waals surface area contributed by atoms with Gasteiger partial charge in [0.1, 0.15) is 5.69 Å². The molecule has 8 nitrogen and oxygen atoms in total. The number of nitrogen functional groups attached to an aromatic ring is 1. The number of para-hydroxylation sites is 1. The maximum atomic E-state index is 12.8. The van der Waals surface area contributed by atoms with Gasteiger partial charge < -0.3 is 15.4 Å². The van der Waals surface area contributed by atoms with Gasteiger partial charge in [-0.25, -0.2) is 4.79 Å². The largest absolute Gasteiger partial charge is 0.452 e. The molecular formula is C22H19N3O5. The van der Waals surface area contributed by atoms with Gasteiger partial charge in [-0.15, -0.1) is 0 Å². The van der Waals surface area contributed by atoms with Gasteiger partial charge in [0.15, 0.2) is 6.61 Å². The zero-order valence-electron chi connectivity index (χ0n) is 15.9. The topological polar surface area (TPSA) is 116 Å². The Morgan fingerprint density at radius 2 is 1.60 bits per heavy atom. The van der Waals surface area contributed by atoms with Gasteiger partial charge in [0, 0.05) is 11.8 Å². The fourth-order valence-corrected chi connectivity index (χ4v) is 2.81. The highest BCUT2D eigenvalue weighted by atomic mass is 16.6. The number of nitrogens with two attached hydrogens (primary N) is 1. The fraction of sp³-hybridized carbons (Fsp3) is 0.0909. The molecule has 0 heterocycles. The lowest BCUT2D eigenvalue weighted by Gasteiger charge is -2.23. The van der Waals surface area contributed by atoms with Gasteiger partial charge in [0.05, 0.1) is 17.0 Å². The van der Waals surface area contributed by atoms with Crippen molar-refractivity contribution in [1.82, 2.24) is 0 Å². The molecule has 1 amide bonds. The second-order valence-corrected chi connectivity index (χ2v) is 6.41. The number of esters is 1. The number of anilines is 2. The molecule has 152 valence electrons. The van der Waals surface area contributed by atoms with Crippen LogP contribution in [0.25, 0.3) is 0 Å². The van der Waals surface area contributed by atoms with Gasteiger partial charge in [-0.3, -0.25) is 14.9 Å². The SMILES string of the molecule is Nc1ccc(C(=O)OCC(=O)N(Cc2ccccc2)c2ccccc2)cc1[N+](=O)[O-]. The number of rotatable bonds is 7. The molecule has 0 spiro atoms.